The normalized spacial score (nSPS) is 14.2. The second-order valence-electron chi connectivity index (χ2n) is 4.35. The summed E-state index contributed by atoms with van der Waals surface area (Å²) >= 11 is 0. The first-order valence-electron chi connectivity index (χ1n) is 6.61. The smallest absolute Gasteiger partial charge is 0.394 e. The summed E-state index contributed by atoms with van der Waals surface area (Å²) < 4.78 is 10.7. The number of hydrogen-bond donors (Lipinski definition) is 1. The number of benzene rings is 1. The van der Waals surface area contributed by atoms with Crippen LogP contribution in [0, 0.1) is 5.92 Å². The highest BCUT2D eigenvalue weighted by Crippen LogP contribution is 2.35. The van der Waals surface area contributed by atoms with E-state index in [0.29, 0.717) is 18.3 Å². The van der Waals surface area contributed by atoms with Crippen LogP contribution < -0.4 is 4.52 Å². The third-order valence-corrected chi connectivity index (χ3v) is 3.63. The molecule has 1 aromatic rings. The molecule has 4 heteroatoms. The van der Waals surface area contributed by atoms with Crippen LogP contribution in [0.2, 0.25) is 0 Å². The lowest BCUT2D eigenvalue weighted by molar-refractivity contribution is 0.204. The van der Waals surface area contributed by atoms with Crippen LogP contribution in [0.5, 0.6) is 5.75 Å². The van der Waals surface area contributed by atoms with Gasteiger partial charge in [0.2, 0.25) is 0 Å². The zero-order valence-electron chi connectivity index (χ0n) is 11.2. The van der Waals surface area contributed by atoms with Gasteiger partial charge in [-0.1, -0.05) is 51.3 Å². The van der Waals surface area contributed by atoms with Gasteiger partial charge < -0.3 is 13.9 Å². The molecule has 2 unspecified atom stereocenters. The largest absolute Gasteiger partial charge is 0.427 e. The summed E-state index contributed by atoms with van der Waals surface area (Å²) in [6.45, 7) is 4.91. The third-order valence-electron chi connectivity index (χ3n) is 2.89. The second kappa shape index (κ2) is 9.32. The van der Waals surface area contributed by atoms with E-state index in [0.717, 1.165) is 12.8 Å². The Hall–Kier alpha value is -0.630. The van der Waals surface area contributed by atoms with Gasteiger partial charge in [-0.05, 0) is 24.5 Å². The summed E-state index contributed by atoms with van der Waals surface area (Å²) in [4.78, 5) is 9.69. The summed E-state index contributed by atoms with van der Waals surface area (Å²) in [6, 6.07) is 9.26. The van der Waals surface area contributed by atoms with Crippen LogP contribution in [0.3, 0.4) is 0 Å². The summed E-state index contributed by atoms with van der Waals surface area (Å²) in [5.41, 5.74) is 0. The summed E-state index contributed by atoms with van der Waals surface area (Å²) in [5, 5.41) is 0. The molecule has 0 saturated carbocycles. The highest BCUT2D eigenvalue weighted by atomic mass is 31.2. The Bertz CT molecular complexity index is 305. The van der Waals surface area contributed by atoms with Gasteiger partial charge in [0.15, 0.2) is 0 Å². The fourth-order valence-corrected chi connectivity index (χ4v) is 2.36. The molecule has 0 radical (unpaired) electrons. The number of rotatable bonds is 9. The van der Waals surface area contributed by atoms with Gasteiger partial charge in [0.25, 0.3) is 0 Å². The fourth-order valence-electron chi connectivity index (χ4n) is 1.67. The Morgan fingerprint density at radius 3 is 2.56 bits per heavy atom. The van der Waals surface area contributed by atoms with E-state index in [4.69, 9.17) is 9.05 Å². The maximum absolute atomic E-state index is 9.69. The molecule has 102 valence electrons. The zero-order valence-corrected chi connectivity index (χ0v) is 12.1. The number of unbranched alkanes of at least 4 members (excludes halogenated alkanes) is 1. The van der Waals surface area contributed by atoms with E-state index in [1.54, 1.807) is 0 Å². The molecule has 2 atom stereocenters. The topological polar surface area (TPSA) is 38.7 Å². The molecule has 0 bridgehead atoms. The molecular weight excluding hydrogens is 247 g/mol. The van der Waals surface area contributed by atoms with Crippen LogP contribution in [0.4, 0.5) is 0 Å². The molecule has 0 aliphatic carbocycles. The van der Waals surface area contributed by atoms with Gasteiger partial charge >= 0.3 is 8.60 Å². The van der Waals surface area contributed by atoms with Crippen molar-refractivity contribution in [2.45, 2.75) is 39.5 Å². The minimum absolute atomic E-state index is 0.515. The highest BCUT2D eigenvalue weighted by molar-refractivity contribution is 7.41. The van der Waals surface area contributed by atoms with Crippen LogP contribution in [0.25, 0.3) is 0 Å². The van der Waals surface area contributed by atoms with Crippen molar-refractivity contribution < 1.29 is 13.9 Å². The minimum atomic E-state index is -1.81. The van der Waals surface area contributed by atoms with Crippen molar-refractivity contribution in [3.8, 4) is 5.75 Å². The Balaban J connectivity index is 2.25. The molecule has 0 aliphatic heterocycles. The third kappa shape index (κ3) is 6.34. The molecule has 0 spiro atoms. The predicted octanol–water partition coefficient (Wildman–Crippen LogP) is 4.52. The molecule has 1 aromatic carbocycles. The van der Waals surface area contributed by atoms with Crippen molar-refractivity contribution in [1.82, 2.24) is 0 Å². The average Bonchev–Trinajstić information content (AvgIpc) is 2.40. The lowest BCUT2D eigenvalue weighted by Crippen LogP contribution is -2.07. The van der Waals surface area contributed by atoms with Crippen molar-refractivity contribution in [3.63, 3.8) is 0 Å². The Morgan fingerprint density at radius 1 is 1.22 bits per heavy atom. The van der Waals surface area contributed by atoms with Crippen LogP contribution in [-0.2, 0) is 4.52 Å². The fraction of sp³-hybridized carbons (Fsp3) is 0.571. The molecule has 18 heavy (non-hydrogen) atoms. The molecule has 3 nitrogen and oxygen atoms in total. The van der Waals surface area contributed by atoms with E-state index in [9.17, 15) is 4.89 Å². The van der Waals surface area contributed by atoms with Gasteiger partial charge in [0, 0.05) is 0 Å². The van der Waals surface area contributed by atoms with E-state index < -0.39 is 8.60 Å². The Morgan fingerprint density at radius 2 is 1.94 bits per heavy atom. The highest BCUT2D eigenvalue weighted by Gasteiger charge is 2.13. The quantitative estimate of drug-likeness (QED) is 0.670. The van der Waals surface area contributed by atoms with Crippen LogP contribution in [0.1, 0.15) is 39.5 Å². The van der Waals surface area contributed by atoms with Crippen molar-refractivity contribution >= 4 is 8.60 Å². The van der Waals surface area contributed by atoms with Crippen molar-refractivity contribution in [3.05, 3.63) is 30.3 Å². The van der Waals surface area contributed by atoms with E-state index in [2.05, 4.69) is 13.8 Å². The van der Waals surface area contributed by atoms with Crippen LogP contribution in [-0.4, -0.2) is 11.5 Å². The van der Waals surface area contributed by atoms with Gasteiger partial charge in [0.05, 0.1) is 6.61 Å². The number of hydrogen-bond acceptors (Lipinski definition) is 3. The van der Waals surface area contributed by atoms with Crippen molar-refractivity contribution in [2.24, 2.45) is 5.92 Å². The maximum Gasteiger partial charge on any atom is 0.394 e. The first-order valence-corrected chi connectivity index (χ1v) is 7.74. The molecule has 0 fully saturated rings. The Labute approximate surface area is 111 Å². The standard InChI is InChI=1S/C14H23O3P/c1-3-5-9-13(4-2)12-16-18(15)17-14-10-7-6-8-11-14/h6-8,10-11,13,15H,3-5,9,12H2,1-2H3. The van der Waals surface area contributed by atoms with Gasteiger partial charge in [-0.3, -0.25) is 0 Å². The molecule has 0 saturated heterocycles. The summed E-state index contributed by atoms with van der Waals surface area (Å²) in [6.07, 6.45) is 4.64. The van der Waals surface area contributed by atoms with Gasteiger partial charge in [0.1, 0.15) is 5.75 Å². The molecule has 1 rings (SSSR count). The first kappa shape index (κ1) is 15.4. The van der Waals surface area contributed by atoms with E-state index in [-0.39, 0.29) is 0 Å². The van der Waals surface area contributed by atoms with Gasteiger partial charge in [-0.15, -0.1) is 0 Å². The monoisotopic (exact) mass is 270 g/mol. The molecule has 0 aliphatic rings. The lowest BCUT2D eigenvalue weighted by atomic mass is 10.0. The molecule has 1 N–H and O–H groups in total. The lowest BCUT2D eigenvalue weighted by Gasteiger charge is -2.17. The minimum Gasteiger partial charge on any atom is -0.427 e. The van der Waals surface area contributed by atoms with Gasteiger partial charge in [-0.2, -0.15) is 0 Å². The maximum atomic E-state index is 9.69. The van der Waals surface area contributed by atoms with Crippen molar-refractivity contribution in [2.75, 3.05) is 6.61 Å². The van der Waals surface area contributed by atoms with Crippen LogP contribution >= 0.6 is 8.60 Å². The second-order valence-corrected chi connectivity index (χ2v) is 5.27. The average molecular weight is 270 g/mol. The van der Waals surface area contributed by atoms with Gasteiger partial charge in [-0.25, -0.2) is 0 Å². The number of para-hydroxylation sites is 1. The predicted molar refractivity (Wildman–Crippen MR) is 75.5 cm³/mol. The van der Waals surface area contributed by atoms with Crippen LogP contribution in [0.15, 0.2) is 30.3 Å². The van der Waals surface area contributed by atoms with Crippen molar-refractivity contribution in [1.29, 1.82) is 0 Å². The summed E-state index contributed by atoms with van der Waals surface area (Å²) in [5.74, 6) is 1.16. The van der Waals surface area contributed by atoms with E-state index in [1.807, 2.05) is 30.3 Å². The zero-order chi connectivity index (χ0) is 13.2. The van der Waals surface area contributed by atoms with E-state index in [1.165, 1.54) is 12.8 Å². The molecular formula is C14H23O3P. The SMILES string of the molecule is CCCCC(CC)COP(O)Oc1ccccc1. The molecule has 0 amide bonds. The molecule has 0 heterocycles. The summed E-state index contributed by atoms with van der Waals surface area (Å²) in [7, 11) is -1.81. The Kier molecular flexibility index (Phi) is 7.99. The first-order chi connectivity index (χ1) is 8.76. The van der Waals surface area contributed by atoms with E-state index >= 15 is 0 Å². The molecule has 0 aromatic heterocycles.